The molecule has 0 aromatic carbocycles. The van der Waals surface area contributed by atoms with E-state index in [1.807, 2.05) is 12.3 Å². The highest BCUT2D eigenvalue weighted by Gasteiger charge is 2.48. The van der Waals surface area contributed by atoms with Gasteiger partial charge >= 0.3 is 0 Å². The van der Waals surface area contributed by atoms with Crippen molar-refractivity contribution in [2.45, 2.75) is 63.2 Å². The largest absolute Gasteiger partial charge is 0.345 e. The summed E-state index contributed by atoms with van der Waals surface area (Å²) in [5, 5.41) is 8.61. The normalized spacial score (nSPS) is 30.4. The van der Waals surface area contributed by atoms with Gasteiger partial charge in [-0.05, 0) is 37.2 Å². The third-order valence-electron chi connectivity index (χ3n) is 6.63. The lowest BCUT2D eigenvalue weighted by Gasteiger charge is -2.16. The molecule has 5 atom stereocenters. The summed E-state index contributed by atoms with van der Waals surface area (Å²) in [5.41, 5.74) is 2.49. The van der Waals surface area contributed by atoms with Crippen LogP contribution in [-0.2, 0) is 10.0 Å². The van der Waals surface area contributed by atoms with Crippen molar-refractivity contribution in [2.24, 2.45) is 11.8 Å². The molecule has 5 unspecified atom stereocenters. The number of aromatic amines is 1. The molecule has 2 aliphatic carbocycles. The summed E-state index contributed by atoms with van der Waals surface area (Å²) in [7, 11) is -3.23. The van der Waals surface area contributed by atoms with E-state index < -0.39 is 10.0 Å². The van der Waals surface area contributed by atoms with Crippen LogP contribution in [0.3, 0.4) is 0 Å². The second-order valence-electron chi connectivity index (χ2n) is 8.27. The maximum Gasteiger partial charge on any atom is 0.215 e. The Morgan fingerprint density at radius 3 is 2.75 bits per heavy atom. The molecule has 0 saturated heterocycles. The van der Waals surface area contributed by atoms with Gasteiger partial charge in [0.25, 0.3) is 0 Å². The van der Waals surface area contributed by atoms with Crippen molar-refractivity contribution in [2.75, 3.05) is 0 Å². The Labute approximate surface area is 164 Å². The van der Waals surface area contributed by atoms with Gasteiger partial charge in [0.1, 0.15) is 5.82 Å². The van der Waals surface area contributed by atoms with Gasteiger partial charge in [0.05, 0.1) is 17.0 Å². The first kappa shape index (κ1) is 18.1. The van der Waals surface area contributed by atoms with Crippen LogP contribution in [0.1, 0.15) is 57.7 Å². The average molecular weight is 403 g/mol. The first-order valence-electron chi connectivity index (χ1n) is 10.2. The van der Waals surface area contributed by atoms with Gasteiger partial charge in [0.15, 0.2) is 11.3 Å². The standard InChI is InChI=1S/C19H26N6O2S/c1-3-11-7-13(24-28(26,27)16-8-12(16)4-2)9-14(11)19-23-22-17-10-21-18-15(25(17)19)5-6-20-18/h5-6,10-14,16,20,24H,3-4,7-9H2,1-2H3. The third kappa shape index (κ3) is 2.83. The predicted molar refractivity (Wildman–Crippen MR) is 106 cm³/mol. The van der Waals surface area contributed by atoms with E-state index in [1.54, 1.807) is 6.20 Å². The number of aromatic nitrogens is 5. The van der Waals surface area contributed by atoms with Gasteiger partial charge in [0.2, 0.25) is 10.0 Å². The fourth-order valence-corrected chi connectivity index (χ4v) is 7.01. The lowest BCUT2D eigenvalue weighted by molar-refractivity contribution is 0.449. The van der Waals surface area contributed by atoms with E-state index in [2.05, 4.69) is 43.1 Å². The summed E-state index contributed by atoms with van der Waals surface area (Å²) in [6.07, 6.45) is 7.92. The molecular formula is C19H26N6O2S. The molecule has 9 heteroatoms. The van der Waals surface area contributed by atoms with E-state index in [9.17, 15) is 8.42 Å². The van der Waals surface area contributed by atoms with Gasteiger partial charge in [0, 0.05) is 18.2 Å². The molecule has 8 nitrogen and oxygen atoms in total. The average Bonchev–Trinajstić information content (AvgIpc) is 3.00. The monoisotopic (exact) mass is 402 g/mol. The number of nitrogens with zero attached hydrogens (tertiary/aromatic N) is 4. The third-order valence-corrected chi connectivity index (χ3v) is 8.67. The van der Waals surface area contributed by atoms with Gasteiger partial charge in [-0.1, -0.05) is 26.7 Å². The summed E-state index contributed by atoms with van der Waals surface area (Å²) in [6.45, 7) is 4.23. The Morgan fingerprint density at radius 2 is 2.00 bits per heavy atom. The highest BCUT2D eigenvalue weighted by atomic mass is 32.2. The van der Waals surface area contributed by atoms with Crippen LogP contribution in [0.4, 0.5) is 0 Å². The van der Waals surface area contributed by atoms with Crippen molar-refractivity contribution in [1.29, 1.82) is 0 Å². The molecule has 0 aliphatic heterocycles. The van der Waals surface area contributed by atoms with Gasteiger partial charge in [-0.25, -0.2) is 18.1 Å². The van der Waals surface area contributed by atoms with Crippen LogP contribution in [0.5, 0.6) is 0 Å². The molecular weight excluding hydrogens is 376 g/mol. The zero-order chi connectivity index (χ0) is 19.5. The Bertz CT molecular complexity index is 1120. The van der Waals surface area contributed by atoms with Crippen LogP contribution in [-0.4, -0.2) is 44.3 Å². The highest BCUT2D eigenvalue weighted by molar-refractivity contribution is 7.90. The molecule has 3 aromatic heterocycles. The Balaban J connectivity index is 1.44. The minimum atomic E-state index is -3.23. The zero-order valence-corrected chi connectivity index (χ0v) is 17.0. The molecule has 0 radical (unpaired) electrons. The van der Waals surface area contributed by atoms with E-state index in [0.717, 1.165) is 54.7 Å². The highest BCUT2D eigenvalue weighted by Crippen LogP contribution is 2.44. The minimum Gasteiger partial charge on any atom is -0.345 e. The summed E-state index contributed by atoms with van der Waals surface area (Å²) in [6, 6.07) is 1.95. The lowest BCUT2D eigenvalue weighted by atomic mass is 9.93. The van der Waals surface area contributed by atoms with Crippen molar-refractivity contribution >= 4 is 26.8 Å². The maximum absolute atomic E-state index is 12.7. The summed E-state index contributed by atoms with van der Waals surface area (Å²) in [5.74, 6) is 1.79. The molecule has 150 valence electrons. The first-order valence-corrected chi connectivity index (χ1v) is 11.7. The van der Waals surface area contributed by atoms with E-state index >= 15 is 0 Å². The molecule has 0 spiro atoms. The smallest absolute Gasteiger partial charge is 0.215 e. The number of hydrogen-bond acceptors (Lipinski definition) is 5. The second-order valence-corrected chi connectivity index (χ2v) is 10.2. The van der Waals surface area contributed by atoms with Crippen molar-refractivity contribution in [3.63, 3.8) is 0 Å². The Hall–Kier alpha value is -2.00. The predicted octanol–water partition coefficient (Wildman–Crippen LogP) is 2.60. The van der Waals surface area contributed by atoms with E-state index in [1.165, 1.54) is 0 Å². The Morgan fingerprint density at radius 1 is 1.18 bits per heavy atom. The van der Waals surface area contributed by atoms with Gasteiger partial charge in [-0.2, -0.15) is 0 Å². The summed E-state index contributed by atoms with van der Waals surface area (Å²) >= 11 is 0. The van der Waals surface area contributed by atoms with Gasteiger partial charge in [-0.15, -0.1) is 10.2 Å². The molecule has 0 bridgehead atoms. The quantitative estimate of drug-likeness (QED) is 0.659. The van der Waals surface area contributed by atoms with Crippen molar-refractivity contribution < 1.29 is 8.42 Å². The summed E-state index contributed by atoms with van der Waals surface area (Å²) in [4.78, 5) is 7.52. The molecule has 3 aromatic rings. The van der Waals surface area contributed by atoms with Crippen LogP contribution < -0.4 is 4.72 Å². The number of fused-ring (bicyclic) bond motifs is 3. The number of sulfonamides is 1. The van der Waals surface area contributed by atoms with Crippen LogP contribution in [0.25, 0.3) is 16.8 Å². The molecule has 28 heavy (non-hydrogen) atoms. The molecule has 0 amide bonds. The molecule has 2 aliphatic rings. The molecule has 5 rings (SSSR count). The zero-order valence-electron chi connectivity index (χ0n) is 16.2. The van der Waals surface area contributed by atoms with Crippen LogP contribution >= 0.6 is 0 Å². The van der Waals surface area contributed by atoms with E-state index in [0.29, 0.717) is 11.8 Å². The molecule has 2 saturated carbocycles. The van der Waals surface area contributed by atoms with Gasteiger partial charge < -0.3 is 4.98 Å². The van der Waals surface area contributed by atoms with Crippen LogP contribution in [0.2, 0.25) is 0 Å². The first-order chi connectivity index (χ1) is 13.5. The number of hydrogen-bond donors (Lipinski definition) is 2. The fraction of sp³-hybridized carbons (Fsp3) is 0.632. The SMILES string of the molecule is CCC1CC(NS(=O)(=O)C2CC2CC)CC1c1nnc2cnc3[nH]ccc3n12. The lowest BCUT2D eigenvalue weighted by Crippen LogP contribution is -2.36. The van der Waals surface area contributed by atoms with Crippen molar-refractivity contribution in [3.05, 3.63) is 24.3 Å². The van der Waals surface area contributed by atoms with Crippen LogP contribution in [0.15, 0.2) is 18.5 Å². The molecule has 2 N–H and O–H groups in total. The number of H-pyrrole nitrogens is 1. The fourth-order valence-electron chi connectivity index (χ4n) is 4.98. The number of nitrogens with one attached hydrogen (secondary N) is 2. The number of rotatable bonds is 6. The molecule has 2 fully saturated rings. The Kier molecular flexibility index (Phi) is 4.20. The molecule has 3 heterocycles. The maximum atomic E-state index is 12.7. The second kappa shape index (κ2) is 6.52. The van der Waals surface area contributed by atoms with E-state index in [-0.39, 0.29) is 17.2 Å². The van der Waals surface area contributed by atoms with Crippen molar-refractivity contribution in [3.8, 4) is 0 Å². The topological polar surface area (TPSA) is 105 Å². The van der Waals surface area contributed by atoms with Gasteiger partial charge in [-0.3, -0.25) is 4.40 Å². The van der Waals surface area contributed by atoms with Crippen molar-refractivity contribution in [1.82, 2.24) is 29.3 Å². The summed E-state index contributed by atoms with van der Waals surface area (Å²) < 4.78 is 30.5. The minimum absolute atomic E-state index is 0.0334. The van der Waals surface area contributed by atoms with Crippen LogP contribution in [0, 0.1) is 11.8 Å². The van der Waals surface area contributed by atoms with E-state index in [4.69, 9.17) is 0 Å².